The first-order chi connectivity index (χ1) is 9.42. The van der Waals surface area contributed by atoms with Crippen LogP contribution in [-0.2, 0) is 10.0 Å². The van der Waals surface area contributed by atoms with Gasteiger partial charge in [0.05, 0.1) is 12.1 Å². The van der Waals surface area contributed by atoms with Gasteiger partial charge < -0.3 is 5.11 Å². The molecular weight excluding hydrogens is 318 g/mol. The van der Waals surface area contributed by atoms with Crippen molar-refractivity contribution in [1.29, 1.82) is 0 Å². The van der Waals surface area contributed by atoms with Crippen LogP contribution in [0, 0.1) is 5.92 Å². The summed E-state index contributed by atoms with van der Waals surface area (Å²) in [5, 5.41) is 11.9. The van der Waals surface area contributed by atoms with Gasteiger partial charge in [-0.3, -0.25) is 0 Å². The van der Waals surface area contributed by atoms with E-state index in [9.17, 15) is 13.5 Å². The van der Waals surface area contributed by atoms with Crippen LogP contribution in [0.4, 0.5) is 0 Å². The molecule has 1 heterocycles. The Hall–Kier alpha value is -0.400. The van der Waals surface area contributed by atoms with Crippen molar-refractivity contribution in [3.8, 4) is 0 Å². The largest absolute Gasteiger partial charge is 0.391 e. The van der Waals surface area contributed by atoms with Crippen molar-refractivity contribution in [2.45, 2.75) is 43.0 Å². The van der Waals surface area contributed by atoms with E-state index in [4.69, 9.17) is 11.6 Å². The molecule has 114 valence electrons. The zero-order valence-electron chi connectivity index (χ0n) is 11.5. The SMILES string of the molecule is CC[C@H](C)[C@H](NS(=O)(=O)c1cccs1)[C@@H](O)C/C=C/Cl. The molecule has 1 aromatic heterocycles. The standard InChI is InChI=1S/C13H20ClNO3S2/c1-3-10(2)13(11(16)6-4-8-14)15-20(17,18)12-7-5-9-19-12/h4-5,7-11,13,15-16H,3,6H2,1-2H3/b8-4+/t10-,11-,13-/m0/s1. The van der Waals surface area contributed by atoms with E-state index in [1.54, 1.807) is 23.6 Å². The molecule has 0 saturated carbocycles. The van der Waals surface area contributed by atoms with E-state index in [0.717, 1.165) is 17.8 Å². The van der Waals surface area contributed by atoms with E-state index >= 15 is 0 Å². The molecule has 0 unspecified atom stereocenters. The number of nitrogens with one attached hydrogen (secondary N) is 1. The molecule has 0 fully saturated rings. The van der Waals surface area contributed by atoms with E-state index < -0.39 is 22.2 Å². The molecular formula is C13H20ClNO3S2. The molecule has 1 rings (SSSR count). The molecule has 0 bridgehead atoms. The third kappa shape index (κ3) is 4.86. The number of thiophene rings is 1. The summed E-state index contributed by atoms with van der Waals surface area (Å²) in [5.74, 6) is 0.0171. The van der Waals surface area contributed by atoms with Crippen molar-refractivity contribution < 1.29 is 13.5 Å². The molecule has 0 saturated heterocycles. The van der Waals surface area contributed by atoms with Gasteiger partial charge in [-0.05, 0) is 23.8 Å². The molecule has 1 aromatic rings. The van der Waals surface area contributed by atoms with Gasteiger partial charge >= 0.3 is 0 Å². The molecule has 0 spiro atoms. The fourth-order valence-corrected chi connectivity index (χ4v) is 4.31. The molecule has 4 nitrogen and oxygen atoms in total. The molecule has 0 aliphatic rings. The highest BCUT2D eigenvalue weighted by Crippen LogP contribution is 2.20. The molecule has 0 amide bonds. The fourth-order valence-electron chi connectivity index (χ4n) is 1.82. The first kappa shape index (κ1) is 17.7. The second kappa shape index (κ2) is 8.14. The molecule has 7 heteroatoms. The van der Waals surface area contributed by atoms with E-state index in [0.29, 0.717) is 6.42 Å². The lowest BCUT2D eigenvalue weighted by Crippen LogP contribution is -2.47. The van der Waals surface area contributed by atoms with Crippen LogP contribution in [0.1, 0.15) is 26.7 Å². The predicted molar refractivity (Wildman–Crippen MR) is 83.5 cm³/mol. The smallest absolute Gasteiger partial charge is 0.250 e. The van der Waals surface area contributed by atoms with E-state index in [1.165, 1.54) is 5.54 Å². The monoisotopic (exact) mass is 337 g/mol. The van der Waals surface area contributed by atoms with Crippen molar-refractivity contribution in [3.63, 3.8) is 0 Å². The number of sulfonamides is 1. The number of hydrogen-bond acceptors (Lipinski definition) is 4. The highest BCUT2D eigenvalue weighted by Gasteiger charge is 2.29. The first-order valence-corrected chi connectivity index (χ1v) is 9.21. The lowest BCUT2D eigenvalue weighted by molar-refractivity contribution is 0.114. The molecule has 0 aromatic carbocycles. The lowest BCUT2D eigenvalue weighted by atomic mass is 9.94. The quantitative estimate of drug-likeness (QED) is 0.766. The Morgan fingerprint density at radius 2 is 2.25 bits per heavy atom. The predicted octanol–water partition coefficient (Wildman–Crippen LogP) is 2.94. The van der Waals surface area contributed by atoms with Gasteiger partial charge in [-0.1, -0.05) is 44.0 Å². The zero-order valence-corrected chi connectivity index (χ0v) is 13.9. The Bertz CT molecular complexity index is 514. The summed E-state index contributed by atoms with van der Waals surface area (Å²) in [6, 6.07) is 2.69. The zero-order chi connectivity index (χ0) is 15.2. The maximum Gasteiger partial charge on any atom is 0.250 e. The van der Waals surface area contributed by atoms with Crippen LogP contribution in [0.3, 0.4) is 0 Å². The van der Waals surface area contributed by atoms with Gasteiger partial charge in [-0.15, -0.1) is 11.3 Å². The third-order valence-electron chi connectivity index (χ3n) is 3.19. The van der Waals surface area contributed by atoms with Gasteiger partial charge in [0.1, 0.15) is 4.21 Å². The van der Waals surface area contributed by atoms with Crippen LogP contribution in [0.25, 0.3) is 0 Å². The second-order valence-electron chi connectivity index (χ2n) is 4.63. The number of rotatable bonds is 8. The molecule has 2 N–H and O–H groups in total. The molecule has 0 aliphatic carbocycles. The van der Waals surface area contributed by atoms with Gasteiger partial charge in [0.25, 0.3) is 0 Å². The summed E-state index contributed by atoms with van der Waals surface area (Å²) in [4.78, 5) is 0. The summed E-state index contributed by atoms with van der Waals surface area (Å²) in [6.45, 7) is 3.87. The first-order valence-electron chi connectivity index (χ1n) is 6.41. The summed E-state index contributed by atoms with van der Waals surface area (Å²) >= 11 is 6.60. The Balaban J connectivity index is 2.90. The summed E-state index contributed by atoms with van der Waals surface area (Å²) in [5.41, 5.74) is 1.32. The summed E-state index contributed by atoms with van der Waals surface area (Å²) in [6.07, 6.45) is 1.88. The highest BCUT2D eigenvalue weighted by molar-refractivity contribution is 7.91. The van der Waals surface area contributed by atoms with Crippen molar-refractivity contribution >= 4 is 33.0 Å². The van der Waals surface area contributed by atoms with Crippen LogP contribution in [-0.4, -0.2) is 25.7 Å². The van der Waals surface area contributed by atoms with Crippen LogP contribution >= 0.6 is 22.9 Å². The van der Waals surface area contributed by atoms with Crippen LogP contribution in [0.2, 0.25) is 0 Å². The van der Waals surface area contributed by atoms with E-state index in [-0.39, 0.29) is 10.1 Å². The highest BCUT2D eigenvalue weighted by atomic mass is 35.5. The number of aliphatic hydroxyl groups is 1. The van der Waals surface area contributed by atoms with Crippen LogP contribution < -0.4 is 4.72 Å². The van der Waals surface area contributed by atoms with Crippen LogP contribution in [0.15, 0.2) is 33.3 Å². The lowest BCUT2D eigenvalue weighted by Gasteiger charge is -2.28. The molecule has 0 radical (unpaired) electrons. The average molecular weight is 338 g/mol. The molecule has 3 atom stereocenters. The summed E-state index contributed by atoms with van der Waals surface area (Å²) < 4.78 is 27.4. The Kier molecular flexibility index (Phi) is 7.19. The Labute approximate surface area is 129 Å². The Morgan fingerprint density at radius 1 is 1.55 bits per heavy atom. The number of hydrogen-bond donors (Lipinski definition) is 2. The molecule has 20 heavy (non-hydrogen) atoms. The van der Waals surface area contributed by atoms with Crippen LogP contribution in [0.5, 0.6) is 0 Å². The van der Waals surface area contributed by atoms with Gasteiger partial charge in [-0.2, -0.15) is 0 Å². The maximum atomic E-state index is 12.2. The second-order valence-corrected chi connectivity index (χ2v) is 7.77. The number of halogens is 1. The minimum absolute atomic E-state index is 0.0171. The molecule has 0 aliphatic heterocycles. The van der Waals surface area contributed by atoms with Gasteiger partial charge in [0.2, 0.25) is 10.0 Å². The minimum atomic E-state index is -3.59. The maximum absolute atomic E-state index is 12.2. The third-order valence-corrected chi connectivity index (χ3v) is 6.22. The topological polar surface area (TPSA) is 66.4 Å². The van der Waals surface area contributed by atoms with Crippen molar-refractivity contribution in [2.24, 2.45) is 5.92 Å². The average Bonchev–Trinajstić information content (AvgIpc) is 2.96. The Morgan fingerprint density at radius 3 is 2.75 bits per heavy atom. The van der Waals surface area contributed by atoms with Crippen molar-refractivity contribution in [1.82, 2.24) is 4.72 Å². The normalized spacial score (nSPS) is 17.2. The van der Waals surface area contributed by atoms with Crippen molar-refractivity contribution in [3.05, 3.63) is 29.1 Å². The summed E-state index contributed by atoms with van der Waals surface area (Å²) in [7, 11) is -3.59. The minimum Gasteiger partial charge on any atom is -0.391 e. The van der Waals surface area contributed by atoms with E-state index in [2.05, 4.69) is 4.72 Å². The fraction of sp³-hybridized carbons (Fsp3) is 0.538. The van der Waals surface area contributed by atoms with Gasteiger partial charge in [-0.25, -0.2) is 13.1 Å². The van der Waals surface area contributed by atoms with Gasteiger partial charge in [0, 0.05) is 5.54 Å². The number of aliphatic hydroxyl groups excluding tert-OH is 1. The van der Waals surface area contributed by atoms with Crippen molar-refractivity contribution in [2.75, 3.05) is 0 Å². The van der Waals surface area contributed by atoms with Gasteiger partial charge in [0.15, 0.2) is 0 Å². The van der Waals surface area contributed by atoms with E-state index in [1.807, 2.05) is 13.8 Å².